The van der Waals surface area contributed by atoms with Crippen molar-refractivity contribution in [1.82, 2.24) is 10.3 Å². The van der Waals surface area contributed by atoms with E-state index in [1.165, 1.54) is 12.1 Å². The highest BCUT2D eigenvalue weighted by Crippen LogP contribution is 2.16. The summed E-state index contributed by atoms with van der Waals surface area (Å²) in [6.07, 6.45) is 0. The molecule has 6 heteroatoms. The predicted molar refractivity (Wildman–Crippen MR) is 56.8 cm³/mol. The summed E-state index contributed by atoms with van der Waals surface area (Å²) in [6, 6.07) is 4.21. The molecular formula is C9H7Cl2N3O. The molecule has 0 bridgehead atoms. The fourth-order valence-electron chi connectivity index (χ4n) is 0.888. The lowest BCUT2D eigenvalue weighted by atomic mass is 10.2. The van der Waals surface area contributed by atoms with Gasteiger partial charge in [0, 0.05) is 0 Å². The fraction of sp³-hybridized carbons (Fsp3) is 0.222. The van der Waals surface area contributed by atoms with Crippen LogP contribution in [0.3, 0.4) is 0 Å². The highest BCUT2D eigenvalue weighted by molar-refractivity contribution is 6.34. The van der Waals surface area contributed by atoms with Crippen LogP contribution in [0, 0.1) is 11.3 Å². The third-order valence-corrected chi connectivity index (χ3v) is 2.10. The minimum Gasteiger partial charge on any atom is -0.336 e. The average Bonchev–Trinajstić information content (AvgIpc) is 2.17. The van der Waals surface area contributed by atoms with Crippen LogP contribution in [0.4, 0.5) is 0 Å². The Morgan fingerprint density at radius 3 is 2.80 bits per heavy atom. The molecule has 0 fully saturated rings. The zero-order valence-electron chi connectivity index (χ0n) is 7.79. The standard InChI is InChI=1S/C9H7Cl2N3O/c1-5(4-12)13-9(15)6-2-3-7(10)14-8(6)11/h2-3,5H,1H3,(H,13,15). The number of halogens is 2. The number of aromatic nitrogens is 1. The van der Waals surface area contributed by atoms with Crippen molar-refractivity contribution in [3.8, 4) is 6.07 Å². The first kappa shape index (κ1) is 11.8. The maximum Gasteiger partial charge on any atom is 0.255 e. The molecule has 1 atom stereocenters. The van der Waals surface area contributed by atoms with Crippen LogP contribution < -0.4 is 5.32 Å². The van der Waals surface area contributed by atoms with Gasteiger partial charge in [-0.15, -0.1) is 0 Å². The van der Waals surface area contributed by atoms with E-state index in [9.17, 15) is 4.79 Å². The largest absolute Gasteiger partial charge is 0.336 e. The topological polar surface area (TPSA) is 65.8 Å². The van der Waals surface area contributed by atoms with Gasteiger partial charge in [-0.25, -0.2) is 4.98 Å². The smallest absolute Gasteiger partial charge is 0.255 e. The van der Waals surface area contributed by atoms with Gasteiger partial charge in [0.15, 0.2) is 0 Å². The second-order valence-corrected chi connectivity index (χ2v) is 3.54. The van der Waals surface area contributed by atoms with E-state index in [1.54, 1.807) is 6.92 Å². The summed E-state index contributed by atoms with van der Waals surface area (Å²) in [5.74, 6) is -0.446. The number of nitrogens with one attached hydrogen (secondary N) is 1. The van der Waals surface area contributed by atoms with Crippen molar-refractivity contribution in [3.63, 3.8) is 0 Å². The monoisotopic (exact) mass is 243 g/mol. The van der Waals surface area contributed by atoms with E-state index in [-0.39, 0.29) is 15.9 Å². The Morgan fingerprint density at radius 1 is 1.60 bits per heavy atom. The molecule has 1 rings (SSSR count). The van der Waals surface area contributed by atoms with Gasteiger partial charge in [0.05, 0.1) is 11.6 Å². The number of carbonyl (C=O) groups excluding carboxylic acids is 1. The van der Waals surface area contributed by atoms with Gasteiger partial charge in [-0.3, -0.25) is 4.79 Å². The number of hydrogen-bond acceptors (Lipinski definition) is 3. The van der Waals surface area contributed by atoms with Gasteiger partial charge in [-0.05, 0) is 19.1 Å². The number of rotatable bonds is 2. The van der Waals surface area contributed by atoms with Crippen molar-refractivity contribution >= 4 is 29.1 Å². The number of hydrogen-bond donors (Lipinski definition) is 1. The van der Waals surface area contributed by atoms with E-state index in [2.05, 4.69) is 10.3 Å². The molecule has 0 aliphatic heterocycles. The normalized spacial score (nSPS) is 11.6. The highest BCUT2D eigenvalue weighted by atomic mass is 35.5. The third kappa shape index (κ3) is 3.08. The van der Waals surface area contributed by atoms with Crippen LogP contribution in [0.25, 0.3) is 0 Å². The quantitative estimate of drug-likeness (QED) is 0.809. The molecule has 0 aliphatic rings. The Hall–Kier alpha value is -1.31. The molecule has 0 spiro atoms. The molecule has 1 aromatic rings. The van der Waals surface area contributed by atoms with Crippen molar-refractivity contribution in [1.29, 1.82) is 5.26 Å². The van der Waals surface area contributed by atoms with Gasteiger partial charge >= 0.3 is 0 Å². The SMILES string of the molecule is CC(C#N)NC(=O)c1ccc(Cl)nc1Cl. The first-order chi connectivity index (χ1) is 7.04. The van der Waals surface area contributed by atoms with E-state index in [0.717, 1.165) is 0 Å². The highest BCUT2D eigenvalue weighted by Gasteiger charge is 2.13. The zero-order chi connectivity index (χ0) is 11.4. The van der Waals surface area contributed by atoms with E-state index >= 15 is 0 Å². The van der Waals surface area contributed by atoms with Gasteiger partial charge in [0.1, 0.15) is 16.3 Å². The third-order valence-electron chi connectivity index (χ3n) is 1.60. The van der Waals surface area contributed by atoms with Crippen LogP contribution >= 0.6 is 23.2 Å². The van der Waals surface area contributed by atoms with Crippen LogP contribution in [-0.4, -0.2) is 16.9 Å². The van der Waals surface area contributed by atoms with Gasteiger partial charge < -0.3 is 5.32 Å². The van der Waals surface area contributed by atoms with Crippen LogP contribution in [-0.2, 0) is 0 Å². The summed E-state index contributed by atoms with van der Waals surface area (Å²) in [7, 11) is 0. The lowest BCUT2D eigenvalue weighted by molar-refractivity contribution is 0.0947. The number of nitriles is 1. The Kier molecular flexibility index (Phi) is 3.89. The lowest BCUT2D eigenvalue weighted by Gasteiger charge is -2.07. The van der Waals surface area contributed by atoms with Crippen molar-refractivity contribution in [3.05, 3.63) is 28.0 Å². The Balaban J connectivity index is 2.88. The molecule has 0 radical (unpaired) electrons. The van der Waals surface area contributed by atoms with E-state index in [0.29, 0.717) is 0 Å². The summed E-state index contributed by atoms with van der Waals surface area (Å²) in [4.78, 5) is 15.2. The zero-order valence-corrected chi connectivity index (χ0v) is 9.30. The van der Waals surface area contributed by atoms with Crippen LogP contribution in [0.5, 0.6) is 0 Å². The maximum atomic E-state index is 11.5. The molecule has 78 valence electrons. The second kappa shape index (κ2) is 4.96. The molecule has 1 N–H and O–H groups in total. The van der Waals surface area contributed by atoms with Crippen molar-refractivity contribution in [2.75, 3.05) is 0 Å². The van der Waals surface area contributed by atoms with Gasteiger partial charge in [-0.1, -0.05) is 23.2 Å². The summed E-state index contributed by atoms with van der Waals surface area (Å²) < 4.78 is 0. The molecule has 1 heterocycles. The molecule has 15 heavy (non-hydrogen) atoms. The van der Waals surface area contributed by atoms with Crippen LogP contribution in [0.1, 0.15) is 17.3 Å². The number of carbonyl (C=O) groups is 1. The molecule has 0 saturated carbocycles. The first-order valence-electron chi connectivity index (χ1n) is 4.07. The van der Waals surface area contributed by atoms with Crippen molar-refractivity contribution in [2.24, 2.45) is 0 Å². The van der Waals surface area contributed by atoms with E-state index in [1.807, 2.05) is 6.07 Å². The molecular weight excluding hydrogens is 237 g/mol. The van der Waals surface area contributed by atoms with Gasteiger partial charge in [0.2, 0.25) is 0 Å². The summed E-state index contributed by atoms with van der Waals surface area (Å²) >= 11 is 11.3. The summed E-state index contributed by atoms with van der Waals surface area (Å²) in [6.45, 7) is 1.56. The predicted octanol–water partition coefficient (Wildman–Crippen LogP) is 2.03. The van der Waals surface area contributed by atoms with E-state index in [4.69, 9.17) is 28.5 Å². The average molecular weight is 244 g/mol. The number of nitrogens with zero attached hydrogens (tertiary/aromatic N) is 2. The summed E-state index contributed by atoms with van der Waals surface area (Å²) in [5.41, 5.74) is 0.197. The molecule has 1 unspecified atom stereocenters. The number of amides is 1. The van der Waals surface area contributed by atoms with Gasteiger partial charge in [-0.2, -0.15) is 5.26 Å². The van der Waals surface area contributed by atoms with Crippen LogP contribution in [0.2, 0.25) is 10.3 Å². The van der Waals surface area contributed by atoms with E-state index < -0.39 is 11.9 Å². The lowest BCUT2D eigenvalue weighted by Crippen LogP contribution is -2.31. The molecule has 0 aliphatic carbocycles. The maximum absolute atomic E-state index is 11.5. The fourth-order valence-corrected chi connectivity index (χ4v) is 1.32. The number of pyridine rings is 1. The Morgan fingerprint density at radius 2 is 2.27 bits per heavy atom. The molecule has 1 amide bonds. The second-order valence-electron chi connectivity index (χ2n) is 2.80. The first-order valence-corrected chi connectivity index (χ1v) is 4.82. The molecule has 0 saturated heterocycles. The Labute approximate surface area is 96.8 Å². The van der Waals surface area contributed by atoms with Crippen molar-refractivity contribution < 1.29 is 4.79 Å². The van der Waals surface area contributed by atoms with Crippen LogP contribution in [0.15, 0.2) is 12.1 Å². The van der Waals surface area contributed by atoms with Gasteiger partial charge in [0.25, 0.3) is 5.91 Å². The molecule has 4 nitrogen and oxygen atoms in total. The van der Waals surface area contributed by atoms with Crippen molar-refractivity contribution in [2.45, 2.75) is 13.0 Å². The Bertz CT molecular complexity index is 428. The minimum absolute atomic E-state index is 0.0186. The minimum atomic E-state index is -0.579. The molecule has 1 aromatic heterocycles. The molecule has 0 aromatic carbocycles. The summed E-state index contributed by atoms with van der Waals surface area (Å²) in [5, 5.41) is 11.2.